The first-order valence-electron chi connectivity index (χ1n) is 3.33. The Labute approximate surface area is 93.0 Å². The fourth-order valence-corrected chi connectivity index (χ4v) is 1.54. The highest BCUT2D eigenvalue weighted by molar-refractivity contribution is 9.24. The Bertz CT molecular complexity index is 248. The maximum Gasteiger partial charge on any atom is 0.101 e. The minimum absolute atomic E-state index is 0.133. The molecule has 1 N–H and O–H groups in total. The van der Waals surface area contributed by atoms with E-state index in [9.17, 15) is 5.11 Å². The molecule has 1 aromatic carbocycles. The summed E-state index contributed by atoms with van der Waals surface area (Å²) in [5, 5.41) is 10.2. The smallest absolute Gasteiger partial charge is 0.101 e. The second-order valence-electron chi connectivity index (χ2n) is 2.33. The zero-order chi connectivity index (χ0) is 9.14. The van der Waals surface area contributed by atoms with Crippen molar-refractivity contribution in [1.82, 2.24) is 0 Å². The van der Waals surface area contributed by atoms with Gasteiger partial charge >= 0.3 is 0 Å². The van der Waals surface area contributed by atoms with E-state index in [1.54, 1.807) is 24.3 Å². The summed E-state index contributed by atoms with van der Waals surface area (Å²) in [5.74, 6) is 0. The van der Waals surface area contributed by atoms with Crippen LogP contribution >= 0.6 is 43.5 Å². The van der Waals surface area contributed by atoms with Crippen LogP contribution < -0.4 is 0 Å². The molecule has 0 fully saturated rings. The van der Waals surface area contributed by atoms with Gasteiger partial charge in [-0.15, -0.1) is 0 Å². The molecule has 0 radical (unpaired) electrons. The summed E-state index contributed by atoms with van der Waals surface area (Å²) in [6, 6.07) is 7.09. The van der Waals surface area contributed by atoms with Gasteiger partial charge in [0, 0.05) is 5.02 Å². The third kappa shape index (κ3) is 2.73. The largest absolute Gasteiger partial charge is 0.386 e. The van der Waals surface area contributed by atoms with Gasteiger partial charge in [0.1, 0.15) is 6.10 Å². The first-order chi connectivity index (χ1) is 5.61. The number of aliphatic hydroxyl groups excluding tert-OH is 1. The standard InChI is InChI=1S/C8H7Br2ClO/c9-8(10)7(12)5-1-3-6(11)4-2-5/h1-4,7-8,12H. The van der Waals surface area contributed by atoms with E-state index in [2.05, 4.69) is 31.9 Å². The van der Waals surface area contributed by atoms with E-state index in [0.717, 1.165) is 5.56 Å². The van der Waals surface area contributed by atoms with Gasteiger partial charge < -0.3 is 5.11 Å². The summed E-state index contributed by atoms with van der Waals surface area (Å²) in [4.78, 5) is 0. The molecule has 0 aliphatic heterocycles. The molecule has 1 unspecified atom stereocenters. The van der Waals surface area contributed by atoms with Gasteiger partial charge in [-0.05, 0) is 17.7 Å². The lowest BCUT2D eigenvalue weighted by Gasteiger charge is -2.11. The quantitative estimate of drug-likeness (QED) is 0.829. The van der Waals surface area contributed by atoms with E-state index in [0.29, 0.717) is 5.02 Å². The zero-order valence-electron chi connectivity index (χ0n) is 6.05. The second kappa shape index (κ2) is 4.61. The van der Waals surface area contributed by atoms with Crippen molar-refractivity contribution in [3.8, 4) is 0 Å². The van der Waals surface area contributed by atoms with Gasteiger partial charge in [-0.1, -0.05) is 55.6 Å². The molecule has 0 spiro atoms. The third-order valence-corrected chi connectivity index (χ3v) is 2.70. The van der Waals surface area contributed by atoms with Crippen molar-refractivity contribution >= 4 is 43.5 Å². The normalized spacial score (nSPS) is 13.4. The first-order valence-corrected chi connectivity index (χ1v) is 5.54. The Morgan fingerprint density at radius 1 is 1.17 bits per heavy atom. The maximum atomic E-state index is 9.55. The molecule has 0 bridgehead atoms. The van der Waals surface area contributed by atoms with E-state index in [-0.39, 0.29) is 3.74 Å². The lowest BCUT2D eigenvalue weighted by molar-refractivity contribution is 0.199. The fraction of sp³-hybridized carbons (Fsp3) is 0.250. The molecular weight excluding hydrogens is 307 g/mol. The van der Waals surface area contributed by atoms with Gasteiger partial charge in [-0.2, -0.15) is 0 Å². The van der Waals surface area contributed by atoms with Gasteiger partial charge in [-0.3, -0.25) is 0 Å². The van der Waals surface area contributed by atoms with Crippen LogP contribution in [0.25, 0.3) is 0 Å². The molecule has 1 aromatic rings. The number of hydrogen-bond acceptors (Lipinski definition) is 1. The Morgan fingerprint density at radius 2 is 1.67 bits per heavy atom. The Balaban J connectivity index is 2.82. The molecule has 0 heterocycles. The molecular formula is C8H7Br2ClO. The number of hydrogen-bond donors (Lipinski definition) is 1. The lowest BCUT2D eigenvalue weighted by Crippen LogP contribution is -2.04. The zero-order valence-corrected chi connectivity index (χ0v) is 9.97. The SMILES string of the molecule is OC(c1ccc(Cl)cc1)C(Br)Br. The minimum atomic E-state index is -0.553. The van der Waals surface area contributed by atoms with Crippen LogP contribution in [0, 0.1) is 0 Å². The average Bonchev–Trinajstić information content (AvgIpc) is 2.04. The van der Waals surface area contributed by atoms with E-state index in [4.69, 9.17) is 11.6 Å². The molecule has 4 heteroatoms. The number of alkyl halides is 2. The lowest BCUT2D eigenvalue weighted by atomic mass is 10.1. The molecule has 0 aliphatic rings. The molecule has 0 saturated heterocycles. The van der Waals surface area contributed by atoms with Crippen molar-refractivity contribution in [2.24, 2.45) is 0 Å². The number of benzene rings is 1. The van der Waals surface area contributed by atoms with Crippen LogP contribution in [0.1, 0.15) is 11.7 Å². The van der Waals surface area contributed by atoms with E-state index < -0.39 is 6.10 Å². The van der Waals surface area contributed by atoms with Crippen molar-refractivity contribution in [2.75, 3.05) is 0 Å². The van der Waals surface area contributed by atoms with Crippen LogP contribution in [0.15, 0.2) is 24.3 Å². The minimum Gasteiger partial charge on any atom is -0.386 e. The molecule has 66 valence electrons. The summed E-state index contributed by atoms with van der Waals surface area (Å²) >= 11 is 12.1. The third-order valence-electron chi connectivity index (χ3n) is 1.45. The monoisotopic (exact) mass is 312 g/mol. The van der Waals surface area contributed by atoms with Gasteiger partial charge in [-0.25, -0.2) is 0 Å². The summed E-state index contributed by atoms with van der Waals surface area (Å²) in [7, 11) is 0. The van der Waals surface area contributed by atoms with Crippen LogP contribution in [0.3, 0.4) is 0 Å². The fourth-order valence-electron chi connectivity index (χ4n) is 0.805. The summed E-state index contributed by atoms with van der Waals surface area (Å²) < 4.78 is -0.133. The van der Waals surface area contributed by atoms with Crippen molar-refractivity contribution in [3.63, 3.8) is 0 Å². The van der Waals surface area contributed by atoms with Crippen LogP contribution in [0.4, 0.5) is 0 Å². The van der Waals surface area contributed by atoms with Gasteiger partial charge in [0.05, 0.1) is 3.74 Å². The molecule has 0 amide bonds. The average molecular weight is 314 g/mol. The highest BCUT2D eigenvalue weighted by Crippen LogP contribution is 2.27. The van der Waals surface area contributed by atoms with Crippen LogP contribution in [0.2, 0.25) is 5.02 Å². The number of aliphatic hydroxyl groups is 1. The van der Waals surface area contributed by atoms with Gasteiger partial charge in [0.2, 0.25) is 0 Å². The molecule has 1 nitrogen and oxygen atoms in total. The Hall–Kier alpha value is 0.430. The van der Waals surface area contributed by atoms with E-state index >= 15 is 0 Å². The van der Waals surface area contributed by atoms with E-state index in [1.807, 2.05) is 0 Å². The maximum absolute atomic E-state index is 9.55. The molecule has 12 heavy (non-hydrogen) atoms. The second-order valence-corrected chi connectivity index (χ2v) is 5.97. The summed E-state index contributed by atoms with van der Waals surface area (Å²) in [5.41, 5.74) is 0.832. The van der Waals surface area contributed by atoms with Gasteiger partial charge in [0.15, 0.2) is 0 Å². The van der Waals surface area contributed by atoms with Crippen LogP contribution in [-0.2, 0) is 0 Å². The summed E-state index contributed by atoms with van der Waals surface area (Å²) in [6.45, 7) is 0. The molecule has 0 saturated carbocycles. The van der Waals surface area contributed by atoms with Crippen LogP contribution in [-0.4, -0.2) is 8.84 Å². The van der Waals surface area contributed by atoms with E-state index in [1.165, 1.54) is 0 Å². The predicted molar refractivity (Wildman–Crippen MR) is 58.1 cm³/mol. The Kier molecular flexibility index (Phi) is 4.03. The first kappa shape index (κ1) is 10.5. The molecule has 0 aliphatic carbocycles. The number of halogens is 3. The highest BCUT2D eigenvalue weighted by Gasteiger charge is 2.13. The Morgan fingerprint density at radius 3 is 2.08 bits per heavy atom. The van der Waals surface area contributed by atoms with Crippen molar-refractivity contribution in [3.05, 3.63) is 34.9 Å². The van der Waals surface area contributed by atoms with Crippen molar-refractivity contribution < 1.29 is 5.11 Å². The highest BCUT2D eigenvalue weighted by atomic mass is 79.9. The molecule has 1 rings (SSSR count). The number of rotatable bonds is 2. The topological polar surface area (TPSA) is 20.2 Å². The summed E-state index contributed by atoms with van der Waals surface area (Å²) in [6.07, 6.45) is -0.553. The predicted octanol–water partition coefficient (Wildman–Crippen LogP) is 3.49. The van der Waals surface area contributed by atoms with Crippen molar-refractivity contribution in [1.29, 1.82) is 0 Å². The van der Waals surface area contributed by atoms with Crippen molar-refractivity contribution in [2.45, 2.75) is 9.84 Å². The molecule has 1 atom stereocenters. The molecule has 0 aromatic heterocycles. The van der Waals surface area contributed by atoms with Crippen LogP contribution in [0.5, 0.6) is 0 Å². The van der Waals surface area contributed by atoms with Gasteiger partial charge in [0.25, 0.3) is 0 Å².